The molecule has 5 nitrogen and oxygen atoms in total. The molecule has 0 spiro atoms. The molecule has 1 aliphatic rings. The summed E-state index contributed by atoms with van der Waals surface area (Å²) < 4.78 is 26.5. The van der Waals surface area contributed by atoms with E-state index in [4.69, 9.17) is 0 Å². The molecule has 1 saturated heterocycles. The average molecular weight is 395 g/mol. The smallest absolute Gasteiger partial charge is 0.229 e. The molecular formula is C22H23F2N5. The molecule has 2 heterocycles. The highest BCUT2D eigenvalue weighted by Gasteiger charge is 2.11. The van der Waals surface area contributed by atoms with Crippen LogP contribution >= 0.6 is 0 Å². The number of aryl methyl sites for hydroxylation is 1. The normalized spacial score (nSPS) is 14.0. The lowest BCUT2D eigenvalue weighted by Gasteiger charge is -2.28. The molecule has 1 aliphatic heterocycles. The minimum atomic E-state index is -0.921. The van der Waals surface area contributed by atoms with Crippen molar-refractivity contribution in [2.75, 3.05) is 28.6 Å². The van der Waals surface area contributed by atoms with Gasteiger partial charge in [0.2, 0.25) is 5.95 Å². The summed E-state index contributed by atoms with van der Waals surface area (Å²) in [7, 11) is 0. The Labute approximate surface area is 168 Å². The Morgan fingerprint density at radius 2 is 1.52 bits per heavy atom. The van der Waals surface area contributed by atoms with Crippen LogP contribution < -0.4 is 15.5 Å². The summed E-state index contributed by atoms with van der Waals surface area (Å²) in [5.41, 5.74) is 3.28. The molecule has 0 radical (unpaired) electrons. The Morgan fingerprint density at radius 1 is 0.793 bits per heavy atom. The summed E-state index contributed by atoms with van der Waals surface area (Å²) in [6, 6.07) is 13.7. The SMILES string of the molecule is Cc1cc(Nc2ccc(N3CCCCC3)cc2)nc(Nc2ccc(F)c(F)c2)n1. The third-order valence-corrected chi connectivity index (χ3v) is 4.89. The number of anilines is 5. The van der Waals surface area contributed by atoms with Crippen molar-refractivity contribution in [1.29, 1.82) is 0 Å². The Hall–Kier alpha value is -3.22. The summed E-state index contributed by atoms with van der Waals surface area (Å²) in [6.07, 6.45) is 3.80. The molecule has 7 heteroatoms. The first kappa shape index (κ1) is 19.1. The minimum absolute atomic E-state index is 0.309. The molecule has 150 valence electrons. The van der Waals surface area contributed by atoms with Crippen molar-refractivity contribution < 1.29 is 8.78 Å². The highest BCUT2D eigenvalue weighted by atomic mass is 19.2. The number of hydrogen-bond donors (Lipinski definition) is 2. The van der Waals surface area contributed by atoms with Gasteiger partial charge in [-0.15, -0.1) is 0 Å². The molecule has 0 unspecified atom stereocenters. The van der Waals surface area contributed by atoms with Gasteiger partial charge in [-0.1, -0.05) is 0 Å². The Morgan fingerprint density at radius 3 is 2.24 bits per heavy atom. The third kappa shape index (κ3) is 4.80. The lowest BCUT2D eigenvalue weighted by Crippen LogP contribution is -2.29. The van der Waals surface area contributed by atoms with E-state index in [9.17, 15) is 8.78 Å². The molecule has 1 fully saturated rings. The number of piperidine rings is 1. The van der Waals surface area contributed by atoms with E-state index in [1.165, 1.54) is 31.0 Å². The van der Waals surface area contributed by atoms with Crippen LogP contribution in [0, 0.1) is 18.6 Å². The van der Waals surface area contributed by atoms with Crippen molar-refractivity contribution in [1.82, 2.24) is 9.97 Å². The van der Waals surface area contributed by atoms with Gasteiger partial charge in [0.25, 0.3) is 0 Å². The monoisotopic (exact) mass is 395 g/mol. The molecular weight excluding hydrogens is 372 g/mol. The maximum absolute atomic E-state index is 13.4. The van der Waals surface area contributed by atoms with Crippen molar-refractivity contribution in [3.63, 3.8) is 0 Å². The topological polar surface area (TPSA) is 53.1 Å². The second-order valence-electron chi connectivity index (χ2n) is 7.19. The van der Waals surface area contributed by atoms with E-state index in [1.54, 1.807) is 0 Å². The van der Waals surface area contributed by atoms with Gasteiger partial charge in [0.15, 0.2) is 11.6 Å². The van der Waals surface area contributed by atoms with E-state index in [0.29, 0.717) is 17.5 Å². The predicted molar refractivity (Wildman–Crippen MR) is 112 cm³/mol. The molecule has 0 aliphatic carbocycles. The predicted octanol–water partition coefficient (Wildman–Crippen LogP) is 5.54. The van der Waals surface area contributed by atoms with Crippen molar-refractivity contribution in [3.05, 3.63) is 65.9 Å². The summed E-state index contributed by atoms with van der Waals surface area (Å²) >= 11 is 0. The second kappa shape index (κ2) is 8.43. The van der Waals surface area contributed by atoms with Gasteiger partial charge in [-0.25, -0.2) is 13.8 Å². The van der Waals surface area contributed by atoms with Gasteiger partial charge in [0.1, 0.15) is 5.82 Å². The fourth-order valence-corrected chi connectivity index (χ4v) is 3.45. The van der Waals surface area contributed by atoms with E-state index in [1.807, 2.05) is 25.1 Å². The maximum atomic E-state index is 13.4. The van der Waals surface area contributed by atoms with Crippen LogP contribution in [-0.2, 0) is 0 Å². The maximum Gasteiger partial charge on any atom is 0.229 e. The van der Waals surface area contributed by atoms with E-state index in [0.717, 1.165) is 36.6 Å². The highest BCUT2D eigenvalue weighted by molar-refractivity contribution is 5.63. The number of aromatic nitrogens is 2. The van der Waals surface area contributed by atoms with Crippen LogP contribution in [0.2, 0.25) is 0 Å². The summed E-state index contributed by atoms with van der Waals surface area (Å²) in [4.78, 5) is 11.2. The van der Waals surface area contributed by atoms with Crippen molar-refractivity contribution >= 4 is 28.8 Å². The summed E-state index contributed by atoms with van der Waals surface area (Å²) in [5, 5.41) is 6.19. The van der Waals surface area contributed by atoms with Crippen LogP contribution in [0.5, 0.6) is 0 Å². The molecule has 29 heavy (non-hydrogen) atoms. The number of hydrogen-bond acceptors (Lipinski definition) is 5. The number of nitrogens with one attached hydrogen (secondary N) is 2. The van der Waals surface area contributed by atoms with Crippen LogP contribution in [0.15, 0.2) is 48.5 Å². The highest BCUT2D eigenvalue weighted by Crippen LogP contribution is 2.24. The standard InChI is InChI=1S/C22H23F2N5/c1-15-13-21(28-22(25-15)27-17-7-10-19(23)20(24)14-17)26-16-5-8-18(9-6-16)29-11-3-2-4-12-29/h5-10,13-14H,2-4,11-12H2,1H3,(H2,25,26,27,28). The van der Waals surface area contributed by atoms with Crippen molar-refractivity contribution in [3.8, 4) is 0 Å². The van der Waals surface area contributed by atoms with Crippen LogP contribution in [0.4, 0.5) is 37.6 Å². The van der Waals surface area contributed by atoms with E-state index >= 15 is 0 Å². The van der Waals surface area contributed by atoms with Crippen LogP contribution in [-0.4, -0.2) is 23.1 Å². The zero-order chi connectivity index (χ0) is 20.2. The zero-order valence-corrected chi connectivity index (χ0v) is 16.3. The van der Waals surface area contributed by atoms with Crippen molar-refractivity contribution in [2.24, 2.45) is 0 Å². The first-order valence-corrected chi connectivity index (χ1v) is 9.77. The van der Waals surface area contributed by atoms with Crippen LogP contribution in [0.3, 0.4) is 0 Å². The zero-order valence-electron chi connectivity index (χ0n) is 16.3. The average Bonchev–Trinajstić information content (AvgIpc) is 2.72. The van der Waals surface area contributed by atoms with Gasteiger partial charge in [0.05, 0.1) is 0 Å². The van der Waals surface area contributed by atoms with Gasteiger partial charge in [-0.3, -0.25) is 0 Å². The van der Waals surface area contributed by atoms with Crippen LogP contribution in [0.25, 0.3) is 0 Å². The Kier molecular flexibility index (Phi) is 5.55. The van der Waals surface area contributed by atoms with Gasteiger partial charge >= 0.3 is 0 Å². The quantitative estimate of drug-likeness (QED) is 0.594. The van der Waals surface area contributed by atoms with Crippen molar-refractivity contribution in [2.45, 2.75) is 26.2 Å². The summed E-state index contributed by atoms with van der Waals surface area (Å²) in [6.45, 7) is 4.07. The van der Waals surface area contributed by atoms with E-state index < -0.39 is 11.6 Å². The van der Waals surface area contributed by atoms with Gasteiger partial charge < -0.3 is 15.5 Å². The molecule has 0 amide bonds. The summed E-state index contributed by atoms with van der Waals surface area (Å²) in [5.74, 6) is -0.886. The molecule has 0 saturated carbocycles. The first-order chi connectivity index (χ1) is 14.1. The fourth-order valence-electron chi connectivity index (χ4n) is 3.45. The third-order valence-electron chi connectivity index (χ3n) is 4.89. The molecule has 0 bridgehead atoms. The lowest BCUT2D eigenvalue weighted by atomic mass is 10.1. The molecule has 1 aromatic heterocycles. The minimum Gasteiger partial charge on any atom is -0.372 e. The van der Waals surface area contributed by atoms with E-state index in [-0.39, 0.29) is 0 Å². The van der Waals surface area contributed by atoms with Gasteiger partial charge in [-0.2, -0.15) is 4.98 Å². The molecule has 2 aromatic carbocycles. The number of halogens is 2. The van der Waals surface area contributed by atoms with Gasteiger partial charge in [0, 0.05) is 48.0 Å². The molecule has 0 atom stereocenters. The largest absolute Gasteiger partial charge is 0.372 e. The second-order valence-corrected chi connectivity index (χ2v) is 7.19. The molecule has 4 rings (SSSR count). The fraction of sp³-hybridized carbons (Fsp3) is 0.273. The first-order valence-electron chi connectivity index (χ1n) is 9.77. The lowest BCUT2D eigenvalue weighted by molar-refractivity contribution is 0.509. The molecule has 2 N–H and O–H groups in total. The van der Waals surface area contributed by atoms with Gasteiger partial charge in [-0.05, 0) is 62.6 Å². The van der Waals surface area contributed by atoms with E-state index in [2.05, 4.69) is 37.6 Å². The Bertz CT molecular complexity index is 985. The molecule has 3 aromatic rings. The van der Waals surface area contributed by atoms with Crippen LogP contribution in [0.1, 0.15) is 25.0 Å². The number of nitrogens with zero attached hydrogens (tertiary/aromatic N) is 3. The number of benzene rings is 2. The Balaban J connectivity index is 1.47. The number of rotatable bonds is 5.